The Morgan fingerprint density at radius 1 is 1.20 bits per heavy atom. The first-order chi connectivity index (χ1) is 16.6. The molecule has 2 amide bonds. The van der Waals surface area contributed by atoms with Crippen LogP contribution >= 0.6 is 0 Å². The molecule has 11 heteroatoms. The number of carbonyl (C=O) groups is 2. The largest absolute Gasteiger partial charge is 0.476 e. The van der Waals surface area contributed by atoms with E-state index in [0.717, 1.165) is 0 Å². The van der Waals surface area contributed by atoms with E-state index in [1.165, 1.54) is 4.90 Å². The number of hydrogen-bond acceptors (Lipinski definition) is 8. The highest BCUT2D eigenvalue weighted by Gasteiger charge is 2.38. The summed E-state index contributed by atoms with van der Waals surface area (Å²) in [5.41, 5.74) is 1.13. The van der Waals surface area contributed by atoms with Gasteiger partial charge in [-0.1, -0.05) is 0 Å². The Morgan fingerprint density at radius 3 is 2.66 bits per heavy atom. The highest BCUT2D eigenvalue weighted by atomic mass is 16.5. The summed E-state index contributed by atoms with van der Waals surface area (Å²) in [6.45, 7) is 6.65. The lowest BCUT2D eigenvalue weighted by Gasteiger charge is -2.44. The minimum Gasteiger partial charge on any atom is -0.476 e. The van der Waals surface area contributed by atoms with Gasteiger partial charge in [0, 0.05) is 37.4 Å². The van der Waals surface area contributed by atoms with Gasteiger partial charge in [0.2, 0.25) is 5.95 Å². The Balaban J connectivity index is 1.40. The highest BCUT2D eigenvalue weighted by molar-refractivity contribution is 6.00. The number of ether oxygens (including phenoxy) is 1. The van der Waals surface area contributed by atoms with Crippen molar-refractivity contribution in [3.63, 3.8) is 0 Å². The van der Waals surface area contributed by atoms with Gasteiger partial charge in [0.15, 0.2) is 17.0 Å². The summed E-state index contributed by atoms with van der Waals surface area (Å²) in [7, 11) is 1.61. The average Bonchev–Trinajstić information content (AvgIpc) is 3.28. The number of anilines is 4. The number of hydrogen-bond donors (Lipinski definition) is 3. The number of rotatable bonds is 4. The van der Waals surface area contributed by atoms with Crippen LogP contribution in [0.25, 0.3) is 11.1 Å². The molecular formula is C24H28N6O5. The second kappa shape index (κ2) is 8.03. The van der Waals surface area contributed by atoms with E-state index in [4.69, 9.17) is 14.1 Å². The number of benzene rings is 1. The quantitative estimate of drug-likeness (QED) is 0.506. The van der Waals surface area contributed by atoms with Crippen LogP contribution in [-0.2, 0) is 4.79 Å². The van der Waals surface area contributed by atoms with E-state index in [0.29, 0.717) is 65.9 Å². The number of nitrogens with one attached hydrogen (secondary N) is 2. The van der Waals surface area contributed by atoms with E-state index in [-0.39, 0.29) is 5.91 Å². The summed E-state index contributed by atoms with van der Waals surface area (Å²) < 4.78 is 11.5. The molecule has 11 nitrogen and oxygen atoms in total. The molecule has 5 rings (SSSR count). The van der Waals surface area contributed by atoms with Crippen molar-refractivity contribution in [2.45, 2.75) is 44.8 Å². The molecule has 4 heterocycles. The lowest BCUT2D eigenvalue weighted by molar-refractivity contribution is -0.129. The number of aromatic nitrogens is 2. The first kappa shape index (κ1) is 22.8. The standard InChI is InChI=1S/C24H28N6O5/c1-23(2)20(31)26-16-13-14(5-6-17(16)35-23)25-21-27-15-7-12-34-18(15)19(28-21)30-10-8-24(3,9-11-30)29(4)22(32)33/h5-7,12-13H,8-11H2,1-4H3,(H,26,31)(H,32,33)(H,25,27,28). The molecule has 2 aliphatic heterocycles. The second-order valence-corrected chi connectivity index (χ2v) is 9.73. The minimum atomic E-state index is -0.934. The van der Waals surface area contributed by atoms with Gasteiger partial charge in [-0.2, -0.15) is 4.98 Å². The molecular weight excluding hydrogens is 452 g/mol. The van der Waals surface area contributed by atoms with Gasteiger partial charge in [-0.15, -0.1) is 0 Å². The predicted molar refractivity (Wildman–Crippen MR) is 131 cm³/mol. The maximum absolute atomic E-state index is 12.3. The van der Waals surface area contributed by atoms with E-state index >= 15 is 0 Å². The Kier molecular flexibility index (Phi) is 5.22. The lowest BCUT2D eigenvalue weighted by Crippen LogP contribution is -2.54. The SMILES string of the molecule is CN(C(=O)O)C1(C)CCN(c2nc(Nc3ccc4c(c3)NC(=O)C(C)(C)O4)nc3ccoc23)CC1. The van der Waals surface area contributed by atoms with E-state index in [1.807, 2.05) is 13.0 Å². The van der Waals surface area contributed by atoms with Crippen molar-refractivity contribution in [3.8, 4) is 5.75 Å². The lowest BCUT2D eigenvalue weighted by atomic mass is 9.88. The number of amides is 2. The van der Waals surface area contributed by atoms with E-state index < -0.39 is 17.2 Å². The van der Waals surface area contributed by atoms with E-state index in [2.05, 4.69) is 20.5 Å². The van der Waals surface area contributed by atoms with Crippen molar-refractivity contribution >= 4 is 46.2 Å². The number of nitrogens with zero attached hydrogens (tertiary/aromatic N) is 4. The van der Waals surface area contributed by atoms with Crippen molar-refractivity contribution in [2.24, 2.45) is 0 Å². The van der Waals surface area contributed by atoms with Crippen LogP contribution in [0.5, 0.6) is 5.75 Å². The molecule has 35 heavy (non-hydrogen) atoms. The summed E-state index contributed by atoms with van der Waals surface area (Å²) in [6, 6.07) is 7.18. The third kappa shape index (κ3) is 4.07. The maximum atomic E-state index is 12.3. The zero-order valence-corrected chi connectivity index (χ0v) is 20.1. The monoisotopic (exact) mass is 480 g/mol. The number of piperidine rings is 1. The van der Waals surface area contributed by atoms with Gasteiger partial charge in [0.05, 0.1) is 12.0 Å². The molecule has 3 aromatic rings. The number of carboxylic acid groups (broad SMARTS) is 1. The zero-order valence-electron chi connectivity index (χ0n) is 20.1. The van der Waals surface area contributed by atoms with Crippen LogP contribution in [0.2, 0.25) is 0 Å². The van der Waals surface area contributed by atoms with Crippen LogP contribution in [0, 0.1) is 0 Å². The van der Waals surface area contributed by atoms with Gasteiger partial charge in [0.1, 0.15) is 11.3 Å². The Morgan fingerprint density at radius 2 is 1.94 bits per heavy atom. The van der Waals surface area contributed by atoms with Crippen LogP contribution < -0.4 is 20.3 Å². The zero-order chi connectivity index (χ0) is 25.0. The molecule has 0 spiro atoms. The molecule has 1 aromatic carbocycles. The van der Waals surface area contributed by atoms with Gasteiger partial charge in [-0.05, 0) is 51.8 Å². The molecule has 0 bridgehead atoms. The summed E-state index contributed by atoms with van der Waals surface area (Å²) in [5.74, 6) is 1.41. The maximum Gasteiger partial charge on any atom is 0.407 e. The molecule has 0 atom stereocenters. The van der Waals surface area contributed by atoms with Gasteiger partial charge in [-0.25, -0.2) is 9.78 Å². The van der Waals surface area contributed by atoms with Crippen molar-refractivity contribution in [2.75, 3.05) is 35.7 Å². The predicted octanol–water partition coefficient (Wildman–Crippen LogP) is 4.04. The van der Waals surface area contributed by atoms with Crippen molar-refractivity contribution in [1.29, 1.82) is 0 Å². The molecule has 0 unspecified atom stereocenters. The van der Waals surface area contributed by atoms with E-state index in [1.54, 1.807) is 45.4 Å². The van der Waals surface area contributed by atoms with Gasteiger partial charge >= 0.3 is 6.09 Å². The van der Waals surface area contributed by atoms with Crippen LogP contribution in [0.1, 0.15) is 33.6 Å². The van der Waals surface area contributed by atoms with Crippen LogP contribution in [0.4, 0.5) is 27.9 Å². The topological polar surface area (TPSA) is 133 Å². The molecule has 0 radical (unpaired) electrons. The minimum absolute atomic E-state index is 0.217. The van der Waals surface area contributed by atoms with Gasteiger partial charge < -0.3 is 34.7 Å². The fraction of sp³-hybridized carbons (Fsp3) is 0.417. The number of furan rings is 1. The number of carbonyl (C=O) groups excluding carboxylic acids is 1. The van der Waals surface area contributed by atoms with E-state index in [9.17, 15) is 14.7 Å². The first-order valence-corrected chi connectivity index (χ1v) is 11.4. The molecule has 3 N–H and O–H groups in total. The smallest absolute Gasteiger partial charge is 0.407 e. The van der Waals surface area contributed by atoms with Crippen LogP contribution in [-0.4, -0.2) is 63.3 Å². The Hall–Kier alpha value is -4.02. The normalized spacial score (nSPS) is 18.4. The molecule has 0 aliphatic carbocycles. The molecule has 184 valence electrons. The summed E-state index contributed by atoms with van der Waals surface area (Å²) in [4.78, 5) is 36.6. The molecule has 2 aliphatic rings. The van der Waals surface area contributed by atoms with Crippen LogP contribution in [0.3, 0.4) is 0 Å². The first-order valence-electron chi connectivity index (χ1n) is 11.4. The summed E-state index contributed by atoms with van der Waals surface area (Å²) >= 11 is 0. The fourth-order valence-corrected chi connectivity index (χ4v) is 4.40. The average molecular weight is 481 g/mol. The highest BCUT2D eigenvalue weighted by Crippen LogP contribution is 2.37. The van der Waals surface area contributed by atoms with Gasteiger partial charge in [-0.3, -0.25) is 4.79 Å². The molecule has 1 saturated heterocycles. The summed E-state index contributed by atoms with van der Waals surface area (Å²) in [6.07, 6.45) is 1.96. The second-order valence-electron chi connectivity index (χ2n) is 9.73. The molecule has 1 fully saturated rings. The van der Waals surface area contributed by atoms with Crippen LogP contribution in [0.15, 0.2) is 34.9 Å². The number of fused-ring (bicyclic) bond motifs is 2. The van der Waals surface area contributed by atoms with Crippen molar-refractivity contribution in [3.05, 3.63) is 30.5 Å². The third-order valence-electron chi connectivity index (χ3n) is 6.92. The Bertz CT molecular complexity index is 1310. The molecule has 0 saturated carbocycles. The van der Waals surface area contributed by atoms with Crippen molar-refractivity contribution in [1.82, 2.24) is 14.9 Å². The Labute approximate surface area is 202 Å². The fourth-order valence-electron chi connectivity index (χ4n) is 4.40. The molecule has 2 aromatic heterocycles. The third-order valence-corrected chi connectivity index (χ3v) is 6.92. The van der Waals surface area contributed by atoms with Crippen molar-refractivity contribution < 1.29 is 23.8 Å². The summed E-state index contributed by atoms with van der Waals surface area (Å²) in [5, 5.41) is 15.5. The van der Waals surface area contributed by atoms with Gasteiger partial charge in [0.25, 0.3) is 5.91 Å².